The molecule has 2 heterocycles. The van der Waals surface area contributed by atoms with Gasteiger partial charge in [0, 0.05) is 18.6 Å². The number of carbonyl (C=O) groups excluding carboxylic acids is 3. The van der Waals surface area contributed by atoms with E-state index in [4.69, 9.17) is 0 Å². The number of nitrogens with zero attached hydrogens (tertiary/aromatic N) is 3. The van der Waals surface area contributed by atoms with E-state index >= 15 is 0 Å². The minimum absolute atomic E-state index is 0.165. The number of allylic oxidation sites excluding steroid dienone is 2. The number of aryl methyl sites for hydroxylation is 1. The van der Waals surface area contributed by atoms with Crippen molar-refractivity contribution < 1.29 is 14.4 Å². The van der Waals surface area contributed by atoms with Crippen LogP contribution in [0.2, 0.25) is 0 Å². The van der Waals surface area contributed by atoms with Crippen LogP contribution in [0.25, 0.3) is 0 Å². The van der Waals surface area contributed by atoms with E-state index in [1.165, 1.54) is 11.3 Å². The van der Waals surface area contributed by atoms with Gasteiger partial charge in [-0.2, -0.15) is 4.99 Å². The highest BCUT2D eigenvalue weighted by Gasteiger charge is 2.59. The lowest BCUT2D eigenvalue weighted by Gasteiger charge is -2.14. The molecule has 0 radical (unpaired) electrons. The van der Waals surface area contributed by atoms with Gasteiger partial charge in [-0.05, 0) is 18.3 Å². The van der Waals surface area contributed by atoms with Gasteiger partial charge in [0.15, 0.2) is 4.80 Å². The number of rotatable bonds is 2. The molecule has 1 aromatic rings. The van der Waals surface area contributed by atoms with Crippen molar-refractivity contribution in [2.24, 2.45) is 35.7 Å². The number of hydrogen-bond donors (Lipinski definition) is 0. The molecule has 2 fully saturated rings. The summed E-state index contributed by atoms with van der Waals surface area (Å²) in [6.07, 6.45) is 6.78. The van der Waals surface area contributed by atoms with E-state index in [9.17, 15) is 14.4 Å². The molecular formula is C15H15N3O3S. The van der Waals surface area contributed by atoms with Gasteiger partial charge in [0.25, 0.3) is 5.91 Å². The van der Waals surface area contributed by atoms with Gasteiger partial charge in [0.05, 0.1) is 11.8 Å². The SMILES string of the molecule is Cn1ccsc1=NC(=O)CN1C(=O)[C@@H]2[C@@H](C1=O)[C@H]1C=C[C@H]2C1. The predicted octanol–water partition coefficient (Wildman–Crippen LogP) is 0.321. The summed E-state index contributed by atoms with van der Waals surface area (Å²) in [6.45, 7) is -0.248. The number of carbonyl (C=O) groups is 3. The lowest BCUT2D eigenvalue weighted by atomic mass is 9.85. The summed E-state index contributed by atoms with van der Waals surface area (Å²) in [6, 6.07) is 0. The van der Waals surface area contributed by atoms with E-state index in [0.717, 1.165) is 11.3 Å². The Balaban J connectivity index is 1.55. The lowest BCUT2D eigenvalue weighted by Crippen LogP contribution is -2.37. The standard InChI is InChI=1S/C15H15N3O3S/c1-17-4-5-22-15(17)16-10(19)7-18-13(20)11-8-2-3-9(6-8)12(11)14(18)21/h2-5,8-9,11-12H,6-7H2,1H3/t8-,9-,11-,12-/m0/s1. The van der Waals surface area contributed by atoms with Crippen LogP contribution in [0.15, 0.2) is 28.7 Å². The molecule has 0 spiro atoms. The molecular weight excluding hydrogens is 302 g/mol. The number of thiazole rings is 1. The smallest absolute Gasteiger partial charge is 0.268 e. The van der Waals surface area contributed by atoms with Crippen molar-refractivity contribution in [2.75, 3.05) is 6.54 Å². The van der Waals surface area contributed by atoms with Gasteiger partial charge in [-0.1, -0.05) is 12.2 Å². The zero-order valence-corrected chi connectivity index (χ0v) is 12.8. The van der Waals surface area contributed by atoms with E-state index in [-0.39, 0.29) is 42.0 Å². The predicted molar refractivity (Wildman–Crippen MR) is 78.3 cm³/mol. The van der Waals surface area contributed by atoms with Crippen molar-refractivity contribution in [2.45, 2.75) is 6.42 Å². The number of aromatic nitrogens is 1. The maximum absolute atomic E-state index is 12.5. The van der Waals surface area contributed by atoms with Gasteiger partial charge in [-0.3, -0.25) is 19.3 Å². The Morgan fingerprint density at radius 2 is 1.91 bits per heavy atom. The van der Waals surface area contributed by atoms with Crippen molar-refractivity contribution in [3.8, 4) is 0 Å². The molecule has 1 saturated heterocycles. The van der Waals surface area contributed by atoms with Gasteiger partial charge in [-0.15, -0.1) is 11.3 Å². The maximum atomic E-state index is 12.5. The first-order chi connectivity index (χ1) is 10.6. The molecule has 6 nitrogen and oxygen atoms in total. The Morgan fingerprint density at radius 1 is 1.27 bits per heavy atom. The van der Waals surface area contributed by atoms with Crippen molar-refractivity contribution in [1.82, 2.24) is 9.47 Å². The van der Waals surface area contributed by atoms with Gasteiger partial charge >= 0.3 is 0 Å². The molecule has 4 atom stereocenters. The Morgan fingerprint density at radius 3 is 2.45 bits per heavy atom. The van der Waals surface area contributed by atoms with Crippen LogP contribution in [0, 0.1) is 23.7 Å². The number of likely N-dealkylation sites (tertiary alicyclic amines) is 1. The second kappa shape index (κ2) is 4.74. The molecule has 1 aliphatic heterocycles. The van der Waals surface area contributed by atoms with Gasteiger partial charge < -0.3 is 4.57 Å². The van der Waals surface area contributed by atoms with Crippen LogP contribution in [-0.4, -0.2) is 33.7 Å². The molecule has 1 saturated carbocycles. The zero-order chi connectivity index (χ0) is 15.4. The minimum atomic E-state index is -0.458. The van der Waals surface area contributed by atoms with Crippen LogP contribution >= 0.6 is 11.3 Å². The molecule has 2 bridgehead atoms. The molecule has 22 heavy (non-hydrogen) atoms. The van der Waals surface area contributed by atoms with E-state index in [0.29, 0.717) is 4.80 Å². The third-order valence-corrected chi connectivity index (χ3v) is 5.68. The van der Waals surface area contributed by atoms with Gasteiger partial charge in [-0.25, -0.2) is 0 Å². The molecule has 3 amide bonds. The Bertz CT molecular complexity index is 745. The topological polar surface area (TPSA) is 71.7 Å². The number of hydrogen-bond acceptors (Lipinski definition) is 4. The average molecular weight is 317 g/mol. The van der Waals surface area contributed by atoms with Crippen LogP contribution in [0.1, 0.15) is 6.42 Å². The monoisotopic (exact) mass is 317 g/mol. The van der Waals surface area contributed by atoms with Crippen LogP contribution < -0.4 is 4.80 Å². The second-order valence-electron chi connectivity index (χ2n) is 6.06. The van der Waals surface area contributed by atoms with Crippen LogP contribution in [0.4, 0.5) is 0 Å². The van der Waals surface area contributed by atoms with E-state index in [2.05, 4.69) is 4.99 Å². The van der Waals surface area contributed by atoms with E-state index < -0.39 is 5.91 Å². The third-order valence-electron chi connectivity index (χ3n) is 4.83. The highest BCUT2D eigenvalue weighted by Crippen LogP contribution is 2.52. The fourth-order valence-corrected chi connectivity index (χ4v) is 4.58. The largest absolute Gasteiger partial charge is 0.327 e. The summed E-state index contributed by atoms with van der Waals surface area (Å²) in [7, 11) is 1.79. The first-order valence-electron chi connectivity index (χ1n) is 7.27. The molecule has 2 aliphatic carbocycles. The molecule has 3 aliphatic rings. The van der Waals surface area contributed by atoms with Crippen molar-refractivity contribution in [1.29, 1.82) is 0 Å². The summed E-state index contributed by atoms with van der Waals surface area (Å²) in [5.74, 6) is -1.05. The van der Waals surface area contributed by atoms with Crippen LogP contribution in [0.5, 0.6) is 0 Å². The average Bonchev–Trinajstić information content (AvgIpc) is 3.22. The van der Waals surface area contributed by atoms with E-state index in [1.807, 2.05) is 17.5 Å². The molecule has 0 unspecified atom stereocenters. The lowest BCUT2D eigenvalue weighted by molar-refractivity contribution is -0.143. The fourth-order valence-electron chi connectivity index (χ4n) is 3.83. The fraction of sp³-hybridized carbons (Fsp3) is 0.467. The summed E-state index contributed by atoms with van der Waals surface area (Å²) < 4.78 is 1.73. The summed E-state index contributed by atoms with van der Waals surface area (Å²) in [4.78, 5) is 42.7. The second-order valence-corrected chi connectivity index (χ2v) is 6.94. The van der Waals surface area contributed by atoms with Crippen molar-refractivity contribution in [3.05, 3.63) is 28.5 Å². The molecule has 0 aromatic carbocycles. The first-order valence-corrected chi connectivity index (χ1v) is 8.15. The van der Waals surface area contributed by atoms with Crippen molar-refractivity contribution >= 4 is 29.1 Å². The van der Waals surface area contributed by atoms with Crippen LogP contribution in [-0.2, 0) is 21.4 Å². The number of fused-ring (bicyclic) bond motifs is 5. The molecule has 7 heteroatoms. The van der Waals surface area contributed by atoms with E-state index in [1.54, 1.807) is 17.8 Å². The highest BCUT2D eigenvalue weighted by atomic mass is 32.1. The minimum Gasteiger partial charge on any atom is -0.327 e. The van der Waals surface area contributed by atoms with Gasteiger partial charge in [0.1, 0.15) is 6.54 Å². The number of imide groups is 1. The normalized spacial score (nSPS) is 33.1. The maximum Gasteiger partial charge on any atom is 0.268 e. The van der Waals surface area contributed by atoms with Crippen molar-refractivity contribution in [3.63, 3.8) is 0 Å². The Hall–Kier alpha value is -2.02. The quantitative estimate of drug-likeness (QED) is 0.582. The summed E-state index contributed by atoms with van der Waals surface area (Å²) in [5, 5.41) is 1.83. The van der Waals surface area contributed by atoms with Crippen LogP contribution in [0.3, 0.4) is 0 Å². The zero-order valence-electron chi connectivity index (χ0n) is 12.0. The highest BCUT2D eigenvalue weighted by molar-refractivity contribution is 7.07. The Labute approximate surface area is 130 Å². The third kappa shape index (κ3) is 1.85. The Kier molecular flexibility index (Phi) is 2.94. The molecule has 114 valence electrons. The molecule has 1 aromatic heterocycles. The number of amides is 3. The summed E-state index contributed by atoms with van der Waals surface area (Å²) in [5.41, 5.74) is 0. The molecule has 0 N–H and O–H groups in total. The molecule has 4 rings (SSSR count). The first kappa shape index (κ1) is 13.6. The van der Waals surface area contributed by atoms with Gasteiger partial charge in [0.2, 0.25) is 11.8 Å². The summed E-state index contributed by atoms with van der Waals surface area (Å²) >= 11 is 1.34.